The molecule has 1 N–H and O–H groups in total. The molecule has 25 heavy (non-hydrogen) atoms. The predicted octanol–water partition coefficient (Wildman–Crippen LogP) is 3.84. The van der Waals surface area contributed by atoms with Crippen molar-refractivity contribution >= 4 is 17.4 Å². The van der Waals surface area contributed by atoms with Crippen LogP contribution in [-0.4, -0.2) is 18.8 Å². The molecule has 2 aromatic carbocycles. The second kappa shape index (κ2) is 5.62. The van der Waals surface area contributed by atoms with E-state index in [0.29, 0.717) is 22.6 Å². The summed E-state index contributed by atoms with van der Waals surface area (Å²) in [4.78, 5) is 12.8. The van der Waals surface area contributed by atoms with Crippen molar-refractivity contribution in [2.75, 3.05) is 11.9 Å². The first-order valence-corrected chi connectivity index (χ1v) is 8.26. The fourth-order valence-electron chi connectivity index (χ4n) is 3.66. The van der Waals surface area contributed by atoms with Crippen molar-refractivity contribution in [2.24, 2.45) is 0 Å². The minimum atomic E-state index is -0.825. The summed E-state index contributed by atoms with van der Waals surface area (Å²) in [6.45, 7) is 3.91. The quantitative estimate of drug-likeness (QED) is 0.863. The Balaban J connectivity index is 1.94. The summed E-state index contributed by atoms with van der Waals surface area (Å²) in [5, 5.41) is 3.09. The lowest BCUT2D eigenvalue weighted by atomic mass is 9.76. The van der Waals surface area contributed by atoms with Crippen molar-refractivity contribution in [1.82, 2.24) is 0 Å². The Bertz CT molecular complexity index is 878. The molecule has 0 radical (unpaired) electrons. The summed E-state index contributed by atoms with van der Waals surface area (Å²) >= 11 is 0. The van der Waals surface area contributed by atoms with Crippen molar-refractivity contribution < 1.29 is 18.7 Å². The summed E-state index contributed by atoms with van der Waals surface area (Å²) < 4.78 is 25.6. The largest absolute Gasteiger partial charge is 0.468 e. The van der Waals surface area contributed by atoms with Gasteiger partial charge in [-0.15, -0.1) is 0 Å². The van der Waals surface area contributed by atoms with Gasteiger partial charge in [0.2, 0.25) is 0 Å². The number of halogens is 1. The van der Waals surface area contributed by atoms with E-state index in [-0.39, 0.29) is 12.4 Å². The minimum absolute atomic E-state index is 0.259. The Kier molecular flexibility index (Phi) is 3.53. The van der Waals surface area contributed by atoms with Crippen LogP contribution in [0.25, 0.3) is 5.76 Å². The van der Waals surface area contributed by atoms with Crippen molar-refractivity contribution in [3.8, 4) is 0 Å². The van der Waals surface area contributed by atoms with Crippen LogP contribution in [0, 0.1) is 5.82 Å². The highest BCUT2D eigenvalue weighted by molar-refractivity contribution is 6.01. The highest BCUT2D eigenvalue weighted by Gasteiger charge is 2.57. The summed E-state index contributed by atoms with van der Waals surface area (Å²) in [5.41, 5.74) is 1.47. The molecule has 0 saturated heterocycles. The van der Waals surface area contributed by atoms with Gasteiger partial charge in [0.1, 0.15) is 11.6 Å². The lowest BCUT2D eigenvalue weighted by molar-refractivity contribution is -0.139. The Hall–Kier alpha value is -2.82. The van der Waals surface area contributed by atoms with E-state index in [1.807, 2.05) is 43.3 Å². The van der Waals surface area contributed by atoms with Gasteiger partial charge in [0, 0.05) is 5.56 Å². The molecule has 5 heteroatoms. The van der Waals surface area contributed by atoms with Gasteiger partial charge in [-0.05, 0) is 25.5 Å². The molecule has 2 atom stereocenters. The highest BCUT2D eigenvalue weighted by atomic mass is 19.1. The molecule has 0 spiro atoms. The Morgan fingerprint density at radius 2 is 2.00 bits per heavy atom. The van der Waals surface area contributed by atoms with E-state index >= 15 is 0 Å². The van der Waals surface area contributed by atoms with Crippen LogP contribution in [0.4, 0.5) is 10.1 Å². The third-order valence-corrected chi connectivity index (χ3v) is 4.87. The molecule has 0 fully saturated rings. The third kappa shape index (κ3) is 2.15. The molecular formula is C20H18FNO3. The van der Waals surface area contributed by atoms with E-state index in [4.69, 9.17) is 9.47 Å². The van der Waals surface area contributed by atoms with Gasteiger partial charge in [0.25, 0.3) is 0 Å². The van der Waals surface area contributed by atoms with E-state index in [1.54, 1.807) is 13.0 Å². The minimum Gasteiger partial charge on any atom is -0.468 e. The van der Waals surface area contributed by atoms with E-state index < -0.39 is 17.6 Å². The average molecular weight is 339 g/mol. The standard InChI is InChI=1S/C20H18FNO3/c1-3-24-18(23)15-17(12-8-5-4-6-9-12)25-19-20(15,2)13-10-7-11-14(21)16(13)22-19/h4-11,19,22H,3H2,1-2H3/t19-,20+/m0/s1. The number of rotatable bonds is 3. The van der Waals surface area contributed by atoms with Crippen molar-refractivity contribution in [2.45, 2.75) is 25.5 Å². The molecule has 4 nitrogen and oxygen atoms in total. The Morgan fingerprint density at radius 3 is 2.72 bits per heavy atom. The van der Waals surface area contributed by atoms with Crippen LogP contribution in [0.3, 0.4) is 0 Å². The molecule has 2 aromatic rings. The van der Waals surface area contributed by atoms with Crippen molar-refractivity contribution in [1.29, 1.82) is 0 Å². The van der Waals surface area contributed by atoms with Gasteiger partial charge in [0.05, 0.1) is 23.3 Å². The van der Waals surface area contributed by atoms with Crippen molar-refractivity contribution in [3.05, 3.63) is 71.0 Å². The number of hydrogen-bond acceptors (Lipinski definition) is 4. The number of hydrogen-bond donors (Lipinski definition) is 1. The predicted molar refractivity (Wildman–Crippen MR) is 92.2 cm³/mol. The molecule has 0 amide bonds. The number of nitrogens with one attached hydrogen (secondary N) is 1. The van der Waals surface area contributed by atoms with Gasteiger partial charge in [-0.2, -0.15) is 0 Å². The Labute approximate surface area is 145 Å². The first kappa shape index (κ1) is 15.7. The number of anilines is 1. The second-order valence-electron chi connectivity index (χ2n) is 6.30. The molecule has 0 bridgehead atoms. The molecule has 2 aliphatic heterocycles. The van der Waals surface area contributed by atoms with Gasteiger partial charge >= 0.3 is 5.97 Å². The van der Waals surface area contributed by atoms with Gasteiger partial charge in [-0.3, -0.25) is 0 Å². The van der Waals surface area contributed by atoms with Gasteiger partial charge < -0.3 is 14.8 Å². The number of para-hydroxylation sites is 1. The molecular weight excluding hydrogens is 321 g/mol. The topological polar surface area (TPSA) is 47.6 Å². The summed E-state index contributed by atoms with van der Waals surface area (Å²) in [7, 11) is 0. The van der Waals surface area contributed by atoms with Crippen molar-refractivity contribution in [3.63, 3.8) is 0 Å². The molecule has 128 valence electrons. The molecule has 0 aliphatic carbocycles. The highest BCUT2D eigenvalue weighted by Crippen LogP contribution is 2.54. The maximum Gasteiger partial charge on any atom is 0.338 e. The Morgan fingerprint density at radius 1 is 1.24 bits per heavy atom. The first-order valence-electron chi connectivity index (χ1n) is 8.26. The van der Waals surface area contributed by atoms with Crippen LogP contribution in [0.1, 0.15) is 25.0 Å². The molecule has 0 saturated carbocycles. The van der Waals surface area contributed by atoms with Crippen LogP contribution in [0.5, 0.6) is 0 Å². The molecule has 4 rings (SSSR count). The normalized spacial score (nSPS) is 23.6. The molecule has 2 aliphatic rings. The third-order valence-electron chi connectivity index (χ3n) is 4.87. The molecule has 0 unspecified atom stereocenters. The van der Waals surface area contributed by atoms with E-state index in [2.05, 4.69) is 5.32 Å². The summed E-state index contributed by atoms with van der Waals surface area (Å²) in [6, 6.07) is 14.3. The average Bonchev–Trinajstić information content (AvgIpc) is 3.06. The zero-order chi connectivity index (χ0) is 17.6. The van der Waals surface area contributed by atoms with Crippen LogP contribution in [-0.2, 0) is 19.7 Å². The maximum absolute atomic E-state index is 14.2. The SMILES string of the molecule is CCOC(=O)C1=C(c2ccccc2)O[C@@H]2Nc3c(F)cccc3[C@]12C. The monoisotopic (exact) mass is 339 g/mol. The lowest BCUT2D eigenvalue weighted by Gasteiger charge is -2.24. The number of carbonyl (C=O) groups is 1. The van der Waals surface area contributed by atoms with E-state index in [0.717, 1.165) is 5.56 Å². The number of esters is 1. The van der Waals surface area contributed by atoms with Crippen LogP contribution in [0.15, 0.2) is 54.1 Å². The van der Waals surface area contributed by atoms with E-state index in [1.165, 1.54) is 6.07 Å². The fraction of sp³-hybridized carbons (Fsp3) is 0.250. The molecule has 0 aromatic heterocycles. The van der Waals surface area contributed by atoms with Crippen LogP contribution < -0.4 is 5.32 Å². The first-order chi connectivity index (χ1) is 12.1. The smallest absolute Gasteiger partial charge is 0.338 e. The second-order valence-corrected chi connectivity index (χ2v) is 6.30. The summed E-state index contributed by atoms with van der Waals surface area (Å²) in [5.74, 6) is -0.319. The summed E-state index contributed by atoms with van der Waals surface area (Å²) in [6.07, 6.45) is -0.561. The van der Waals surface area contributed by atoms with E-state index in [9.17, 15) is 9.18 Å². The number of carbonyl (C=O) groups excluding carboxylic acids is 1. The van der Waals surface area contributed by atoms with Crippen LogP contribution in [0.2, 0.25) is 0 Å². The van der Waals surface area contributed by atoms with Gasteiger partial charge in [0.15, 0.2) is 6.23 Å². The fourth-order valence-corrected chi connectivity index (χ4v) is 3.66. The zero-order valence-corrected chi connectivity index (χ0v) is 14.0. The number of ether oxygens (including phenoxy) is 2. The zero-order valence-electron chi connectivity index (χ0n) is 14.0. The lowest BCUT2D eigenvalue weighted by Crippen LogP contribution is -2.37. The number of benzene rings is 2. The number of fused-ring (bicyclic) bond motifs is 3. The van der Waals surface area contributed by atoms with Gasteiger partial charge in [-0.1, -0.05) is 42.5 Å². The maximum atomic E-state index is 14.2. The van der Waals surface area contributed by atoms with Gasteiger partial charge in [-0.25, -0.2) is 9.18 Å². The molecule has 2 heterocycles. The van der Waals surface area contributed by atoms with Crippen LogP contribution >= 0.6 is 0 Å².